The molecule has 2 aromatic carbocycles. The van der Waals surface area contributed by atoms with E-state index >= 15 is 0 Å². The standard InChI is InChI=1S/C47H71N3.2C27H55.Ni/c1-6-10-13-14-15-16-17-18-19-20-21-22-23-24-25-26-27-28-31-45-44(30-12-8-3)47(42-36-38-43(39-37-42)49(5)9-4)50(48)46(45)41-34-32-40(33-35-41)29-11-7-2;2*1-3-5-7-9-11-13-15-17-19-21-23-25-27-26-24-22-20-18-16-14-12-10-8-6-4-2;/h32-39H,6-27,29-30H2,1-5H3;2*1,3-27H2,2H3;/q;2*-1;+2. The molecule has 610 valence electrons. The van der Waals surface area contributed by atoms with Crippen molar-refractivity contribution in [2.75, 3.05) is 18.5 Å². The number of anilines is 1. The Bertz CT molecular complexity index is 2130. The molecule has 0 unspecified atom stereocenters. The predicted molar refractivity (Wildman–Crippen MR) is 472 cm³/mol. The van der Waals surface area contributed by atoms with E-state index in [0.29, 0.717) is 0 Å². The van der Waals surface area contributed by atoms with Crippen molar-refractivity contribution in [2.24, 2.45) is 0 Å². The van der Waals surface area contributed by atoms with Gasteiger partial charge in [0.2, 0.25) is 11.4 Å². The number of aryl methyl sites for hydroxylation is 1. The minimum Gasteiger partial charge on any atom is -0.493 e. The van der Waals surface area contributed by atoms with Crippen molar-refractivity contribution in [3.63, 3.8) is 0 Å². The Labute approximate surface area is 670 Å². The third kappa shape index (κ3) is 61.7. The molecule has 3 nitrogen and oxygen atoms in total. The van der Waals surface area contributed by atoms with E-state index in [4.69, 9.17) is 0 Å². The van der Waals surface area contributed by atoms with Gasteiger partial charge in [-0.3, -0.25) is 0 Å². The van der Waals surface area contributed by atoms with Crippen LogP contribution in [0.1, 0.15) is 521 Å². The summed E-state index contributed by atoms with van der Waals surface area (Å²) in [5, 5.41) is 0. The van der Waals surface area contributed by atoms with Crippen LogP contribution in [0.4, 0.5) is 5.69 Å². The summed E-state index contributed by atoms with van der Waals surface area (Å²) in [5.41, 5.74) is 20.4. The fourth-order valence-electron chi connectivity index (χ4n) is 15.4. The van der Waals surface area contributed by atoms with Gasteiger partial charge < -0.3 is 24.3 Å². The molecule has 105 heavy (non-hydrogen) atoms. The van der Waals surface area contributed by atoms with E-state index in [1.165, 1.54) is 439 Å². The Morgan fingerprint density at radius 3 is 0.800 bits per heavy atom. The van der Waals surface area contributed by atoms with Crippen molar-refractivity contribution < 1.29 is 21.2 Å². The quantitative estimate of drug-likeness (QED) is 0.0213. The van der Waals surface area contributed by atoms with Gasteiger partial charge in [0.25, 0.3) is 0 Å². The SMILES string of the molecule is CCCCCCCCCCCCCCCCCCC#CC1=C(c2ccc(CCCC)cc2)[N+](=[N-])C(c2ccc(N(C)CC)cc2)=C1CCCC.[CH2-]CCCCCCCCCCCCCCCCCCCCCCCCCC.[CH2-]CCCCCCCCCCCCCCCCCCCCCCCCCC.[Ni+2]. The summed E-state index contributed by atoms with van der Waals surface area (Å²) in [7, 11) is 2.12. The molecule has 0 N–H and O–H groups in total. The summed E-state index contributed by atoms with van der Waals surface area (Å²) in [6, 6.07) is 17.5. The van der Waals surface area contributed by atoms with Gasteiger partial charge in [0.15, 0.2) is 0 Å². The molecular formula is C101H181N3Ni. The average molecular weight is 1500 g/mol. The summed E-state index contributed by atoms with van der Waals surface area (Å²) >= 11 is 0. The van der Waals surface area contributed by atoms with Gasteiger partial charge in [-0.25, -0.2) is 4.70 Å². The molecule has 0 aliphatic carbocycles. The molecule has 1 aliphatic heterocycles. The van der Waals surface area contributed by atoms with Gasteiger partial charge in [0.05, 0.1) is 0 Å². The van der Waals surface area contributed by atoms with Crippen molar-refractivity contribution in [1.29, 1.82) is 0 Å². The van der Waals surface area contributed by atoms with Crippen LogP contribution in [0.2, 0.25) is 0 Å². The molecule has 0 saturated heterocycles. The summed E-state index contributed by atoms with van der Waals surface area (Å²) in [4.78, 5) is 2.24. The van der Waals surface area contributed by atoms with Crippen LogP contribution >= 0.6 is 0 Å². The van der Waals surface area contributed by atoms with E-state index in [-0.39, 0.29) is 16.5 Å². The number of nitrogens with zero attached hydrogens (tertiary/aromatic N) is 3. The largest absolute Gasteiger partial charge is 2.00 e. The number of unbranched alkanes of at least 4 members (excludes halogenated alkanes) is 66. The van der Waals surface area contributed by atoms with Crippen LogP contribution in [0.15, 0.2) is 59.7 Å². The first-order valence-electron chi connectivity index (χ1n) is 47.3. The van der Waals surface area contributed by atoms with Crippen molar-refractivity contribution in [2.45, 2.75) is 510 Å². The number of rotatable bonds is 74. The maximum Gasteiger partial charge on any atom is 2.00 e. The first-order chi connectivity index (χ1) is 51.4. The number of hydrogen-bond donors (Lipinski definition) is 0. The summed E-state index contributed by atoms with van der Waals surface area (Å²) in [6.07, 6.45) is 102. The van der Waals surface area contributed by atoms with Gasteiger partial charge in [0, 0.05) is 42.4 Å². The second kappa shape index (κ2) is 82.3. The van der Waals surface area contributed by atoms with Gasteiger partial charge in [-0.15, -0.1) is 0 Å². The van der Waals surface area contributed by atoms with Gasteiger partial charge in [-0.1, -0.05) is 476 Å². The molecule has 0 saturated carbocycles. The molecule has 0 bridgehead atoms. The van der Waals surface area contributed by atoms with Crippen molar-refractivity contribution in [3.8, 4) is 11.8 Å². The minimum atomic E-state index is 0. The van der Waals surface area contributed by atoms with E-state index in [9.17, 15) is 5.53 Å². The third-order valence-corrected chi connectivity index (χ3v) is 22.7. The zero-order valence-electron chi connectivity index (χ0n) is 72.0. The zero-order valence-corrected chi connectivity index (χ0v) is 73.0. The summed E-state index contributed by atoms with van der Waals surface area (Å²) in [5.74, 6) is 7.18. The molecule has 0 radical (unpaired) electrons. The molecule has 1 heterocycles. The fraction of sp³-hybridized carbons (Fsp3) is 0.802. The number of allylic oxidation sites excluding steroid dienone is 2. The number of benzene rings is 2. The van der Waals surface area contributed by atoms with E-state index in [1.807, 2.05) is 0 Å². The molecular weight excluding hydrogens is 1310 g/mol. The van der Waals surface area contributed by atoms with Gasteiger partial charge in [-0.2, -0.15) is 12.8 Å². The van der Waals surface area contributed by atoms with Crippen LogP contribution in [0.25, 0.3) is 16.9 Å². The smallest absolute Gasteiger partial charge is 0.493 e. The van der Waals surface area contributed by atoms with Crippen molar-refractivity contribution >= 4 is 17.1 Å². The Morgan fingerprint density at radius 1 is 0.295 bits per heavy atom. The van der Waals surface area contributed by atoms with Crippen LogP contribution in [0.3, 0.4) is 0 Å². The first-order valence-corrected chi connectivity index (χ1v) is 47.3. The molecule has 0 fully saturated rings. The Kier molecular flexibility index (Phi) is 80.3. The predicted octanol–water partition coefficient (Wildman–Crippen LogP) is 35.7. The Hall–Kier alpha value is -2.63. The average Bonchev–Trinajstić information content (AvgIpc) is 1.61. The van der Waals surface area contributed by atoms with Crippen LogP contribution < -0.4 is 4.90 Å². The van der Waals surface area contributed by atoms with Crippen molar-refractivity contribution in [1.82, 2.24) is 0 Å². The molecule has 0 spiro atoms. The summed E-state index contributed by atoms with van der Waals surface area (Å²) < 4.78 is 1.45. The van der Waals surface area contributed by atoms with E-state index in [2.05, 4.69) is 128 Å². The van der Waals surface area contributed by atoms with Crippen LogP contribution in [0.5, 0.6) is 0 Å². The topological polar surface area (TPSA) is 28.6 Å². The molecule has 4 heteroatoms. The minimum absolute atomic E-state index is 0. The van der Waals surface area contributed by atoms with Crippen molar-refractivity contribution in [3.05, 3.63) is 95.7 Å². The Balaban J connectivity index is 0.00000168. The van der Waals surface area contributed by atoms with E-state index in [1.54, 1.807) is 0 Å². The molecule has 3 rings (SSSR count). The first kappa shape index (κ1) is 102. The number of hydrogen-bond acceptors (Lipinski definition) is 1. The zero-order chi connectivity index (χ0) is 75.2. The molecule has 2 aromatic rings. The summed E-state index contributed by atoms with van der Waals surface area (Å²) in [6.45, 7) is 22.3. The molecule has 0 atom stereocenters. The third-order valence-electron chi connectivity index (χ3n) is 22.7. The van der Waals surface area contributed by atoms with Crippen LogP contribution in [-0.4, -0.2) is 18.3 Å². The second-order valence-corrected chi connectivity index (χ2v) is 32.7. The normalized spacial score (nSPS) is 12.0. The van der Waals surface area contributed by atoms with Gasteiger partial charge in [-0.05, 0) is 81.0 Å². The molecule has 0 amide bonds. The fourth-order valence-corrected chi connectivity index (χ4v) is 15.4. The molecule has 1 aliphatic rings. The monoisotopic (exact) mass is 1490 g/mol. The Morgan fingerprint density at radius 2 is 0.533 bits per heavy atom. The van der Waals surface area contributed by atoms with E-state index in [0.717, 1.165) is 86.0 Å². The van der Waals surface area contributed by atoms with Gasteiger partial charge >= 0.3 is 16.5 Å². The van der Waals surface area contributed by atoms with Gasteiger partial charge in [0.1, 0.15) is 5.57 Å². The second-order valence-electron chi connectivity index (χ2n) is 32.7. The maximum atomic E-state index is 11.9. The van der Waals surface area contributed by atoms with E-state index < -0.39 is 0 Å². The maximum absolute atomic E-state index is 11.9. The van der Waals surface area contributed by atoms with Crippen LogP contribution in [0, 0.1) is 25.7 Å². The van der Waals surface area contributed by atoms with Crippen LogP contribution in [-0.2, 0) is 22.9 Å². The molecule has 0 aromatic heterocycles.